The van der Waals surface area contributed by atoms with Gasteiger partial charge in [-0.25, -0.2) is 0 Å². The van der Waals surface area contributed by atoms with Crippen LogP contribution in [0.2, 0.25) is 0 Å². The van der Waals surface area contributed by atoms with Crippen molar-refractivity contribution in [3.8, 4) is 5.75 Å². The van der Waals surface area contributed by atoms with Crippen molar-refractivity contribution in [1.82, 2.24) is 4.90 Å². The Morgan fingerprint density at radius 3 is 2.73 bits per heavy atom. The van der Waals surface area contributed by atoms with Gasteiger partial charge in [0.1, 0.15) is 5.75 Å². The van der Waals surface area contributed by atoms with Crippen molar-refractivity contribution in [2.24, 2.45) is 11.8 Å². The number of hydrogen-bond donors (Lipinski definition) is 0. The Labute approximate surface area is 131 Å². The number of carbonyl (C=O) groups excluding carboxylic acids is 1. The molecule has 3 aliphatic rings. The second kappa shape index (κ2) is 5.92. The van der Waals surface area contributed by atoms with Gasteiger partial charge >= 0.3 is 0 Å². The number of piperidine rings is 1. The number of para-hydroxylation sites is 1. The second-order valence-corrected chi connectivity index (χ2v) is 6.79. The van der Waals surface area contributed by atoms with E-state index in [2.05, 4.69) is 0 Å². The van der Waals surface area contributed by atoms with E-state index in [-0.39, 0.29) is 24.7 Å². The summed E-state index contributed by atoms with van der Waals surface area (Å²) in [7, 11) is 0. The van der Waals surface area contributed by atoms with Gasteiger partial charge in [0.2, 0.25) is 0 Å². The van der Waals surface area contributed by atoms with E-state index in [1.165, 1.54) is 19.3 Å². The third-order valence-electron chi connectivity index (χ3n) is 5.16. The fourth-order valence-corrected chi connectivity index (χ4v) is 3.75. The molecule has 2 bridgehead atoms. The van der Waals surface area contributed by atoms with E-state index < -0.39 is 0 Å². The minimum atomic E-state index is 0.0936. The molecular formula is C18H23NO3. The van der Waals surface area contributed by atoms with E-state index in [1.807, 2.05) is 35.2 Å². The maximum atomic E-state index is 12.4. The minimum absolute atomic E-state index is 0.0936. The quantitative estimate of drug-likeness (QED) is 0.810. The summed E-state index contributed by atoms with van der Waals surface area (Å²) in [6.07, 6.45) is 5.17. The highest BCUT2D eigenvalue weighted by Gasteiger charge is 2.49. The molecule has 1 aromatic carbocycles. The van der Waals surface area contributed by atoms with Crippen LogP contribution in [-0.2, 0) is 9.53 Å². The minimum Gasteiger partial charge on any atom is -0.484 e. The zero-order valence-electron chi connectivity index (χ0n) is 12.8. The van der Waals surface area contributed by atoms with Gasteiger partial charge in [0.25, 0.3) is 5.91 Å². The van der Waals surface area contributed by atoms with Gasteiger partial charge in [-0.1, -0.05) is 18.2 Å². The smallest absolute Gasteiger partial charge is 0.260 e. The average Bonchev–Trinajstić information content (AvgIpc) is 3.24. The molecule has 4 nitrogen and oxygen atoms in total. The fraction of sp³-hybridized carbons (Fsp3) is 0.611. The van der Waals surface area contributed by atoms with Crippen LogP contribution in [0.1, 0.15) is 25.7 Å². The van der Waals surface area contributed by atoms with E-state index in [9.17, 15) is 4.79 Å². The van der Waals surface area contributed by atoms with Crippen LogP contribution in [0.15, 0.2) is 30.3 Å². The third-order valence-corrected chi connectivity index (χ3v) is 5.16. The number of fused-ring (bicyclic) bond motifs is 2. The van der Waals surface area contributed by atoms with Gasteiger partial charge in [0.15, 0.2) is 6.61 Å². The second-order valence-electron chi connectivity index (χ2n) is 6.79. The number of carbonyl (C=O) groups is 1. The van der Waals surface area contributed by atoms with Gasteiger partial charge in [0, 0.05) is 19.1 Å². The fourth-order valence-electron chi connectivity index (χ4n) is 3.75. The SMILES string of the molecule is O=C(COc1ccccc1)N1C[C@H]2CC[C@H]1[C@@H]2OCC1CC1. The molecule has 2 aliphatic carbocycles. The van der Waals surface area contributed by atoms with Crippen molar-refractivity contribution < 1.29 is 14.3 Å². The lowest BCUT2D eigenvalue weighted by atomic mass is 10.1. The Hall–Kier alpha value is -1.55. The highest BCUT2D eigenvalue weighted by molar-refractivity contribution is 5.78. The van der Waals surface area contributed by atoms with Crippen LogP contribution in [0.4, 0.5) is 0 Å². The number of benzene rings is 1. The molecule has 0 unspecified atom stereocenters. The van der Waals surface area contributed by atoms with Gasteiger partial charge in [-0.05, 0) is 43.7 Å². The number of nitrogens with zero attached hydrogens (tertiary/aromatic N) is 1. The molecule has 4 heteroatoms. The highest BCUT2D eigenvalue weighted by Crippen LogP contribution is 2.41. The number of rotatable bonds is 6. The van der Waals surface area contributed by atoms with E-state index in [1.54, 1.807) is 0 Å². The Kier molecular flexibility index (Phi) is 3.78. The van der Waals surface area contributed by atoms with Crippen molar-refractivity contribution >= 4 is 5.91 Å². The molecule has 2 saturated carbocycles. The molecule has 1 amide bonds. The number of hydrogen-bond acceptors (Lipinski definition) is 3. The Bertz CT molecular complexity index is 528. The first kappa shape index (κ1) is 14.1. The highest BCUT2D eigenvalue weighted by atomic mass is 16.5. The molecule has 118 valence electrons. The zero-order valence-corrected chi connectivity index (χ0v) is 12.8. The van der Waals surface area contributed by atoms with E-state index in [4.69, 9.17) is 9.47 Å². The molecule has 1 heterocycles. The lowest BCUT2D eigenvalue weighted by Crippen LogP contribution is -2.42. The number of ether oxygens (including phenoxy) is 2. The topological polar surface area (TPSA) is 38.8 Å². The summed E-state index contributed by atoms with van der Waals surface area (Å²) in [6.45, 7) is 1.86. The first-order chi connectivity index (χ1) is 10.8. The molecule has 1 saturated heterocycles. The van der Waals surface area contributed by atoms with Gasteiger partial charge in [-0.3, -0.25) is 4.79 Å². The largest absolute Gasteiger partial charge is 0.484 e. The van der Waals surface area contributed by atoms with Crippen LogP contribution in [0.3, 0.4) is 0 Å². The van der Waals surface area contributed by atoms with Gasteiger partial charge in [-0.2, -0.15) is 0 Å². The van der Waals surface area contributed by atoms with Crippen molar-refractivity contribution in [2.45, 2.75) is 37.8 Å². The van der Waals surface area contributed by atoms with Crippen molar-refractivity contribution in [2.75, 3.05) is 19.8 Å². The Morgan fingerprint density at radius 1 is 1.14 bits per heavy atom. The maximum Gasteiger partial charge on any atom is 0.260 e. The Balaban J connectivity index is 1.31. The van der Waals surface area contributed by atoms with Gasteiger partial charge in [0.05, 0.1) is 12.1 Å². The molecule has 3 fully saturated rings. The first-order valence-electron chi connectivity index (χ1n) is 8.40. The standard InChI is InChI=1S/C18H23NO3/c20-17(12-21-15-4-2-1-3-5-15)19-10-14-8-9-16(19)18(14)22-11-13-6-7-13/h1-5,13-14,16,18H,6-12H2/t14-,16+,18-/m1/s1. The maximum absolute atomic E-state index is 12.4. The third kappa shape index (κ3) is 2.84. The number of likely N-dealkylation sites (tertiary alicyclic amines) is 1. The van der Waals surface area contributed by atoms with Crippen LogP contribution in [0.5, 0.6) is 5.75 Å². The number of amides is 1. The molecule has 1 aromatic rings. The average molecular weight is 301 g/mol. The monoisotopic (exact) mass is 301 g/mol. The molecule has 22 heavy (non-hydrogen) atoms. The van der Waals surface area contributed by atoms with Crippen molar-refractivity contribution in [1.29, 1.82) is 0 Å². The first-order valence-corrected chi connectivity index (χ1v) is 8.40. The summed E-state index contributed by atoms with van der Waals surface area (Å²) in [4.78, 5) is 14.4. The normalized spacial score (nSPS) is 29.8. The zero-order chi connectivity index (χ0) is 14.9. The van der Waals surface area contributed by atoms with Gasteiger partial charge in [-0.15, -0.1) is 0 Å². The summed E-state index contributed by atoms with van der Waals surface area (Å²) < 4.78 is 11.7. The van der Waals surface area contributed by atoms with Crippen molar-refractivity contribution in [3.05, 3.63) is 30.3 Å². The molecule has 4 rings (SSSR count). The van der Waals surface area contributed by atoms with E-state index in [0.29, 0.717) is 5.92 Å². The lowest BCUT2D eigenvalue weighted by Gasteiger charge is -2.27. The predicted molar refractivity (Wildman–Crippen MR) is 82.6 cm³/mol. The summed E-state index contributed by atoms with van der Waals surface area (Å²) >= 11 is 0. The lowest BCUT2D eigenvalue weighted by molar-refractivity contribution is -0.135. The molecule has 1 aliphatic heterocycles. The van der Waals surface area contributed by atoms with Crippen LogP contribution in [0, 0.1) is 11.8 Å². The summed E-state index contributed by atoms with van der Waals surface area (Å²) in [5, 5.41) is 0. The Morgan fingerprint density at radius 2 is 1.95 bits per heavy atom. The van der Waals surface area contributed by atoms with E-state index in [0.717, 1.165) is 31.2 Å². The van der Waals surface area contributed by atoms with Gasteiger partial charge < -0.3 is 14.4 Å². The molecule has 0 N–H and O–H groups in total. The summed E-state index contributed by atoms with van der Waals surface area (Å²) in [6, 6.07) is 9.81. The summed E-state index contributed by atoms with van der Waals surface area (Å²) in [5.74, 6) is 2.16. The molecule has 0 aromatic heterocycles. The molecule has 0 spiro atoms. The van der Waals surface area contributed by atoms with Crippen LogP contribution in [0.25, 0.3) is 0 Å². The van der Waals surface area contributed by atoms with Crippen molar-refractivity contribution in [3.63, 3.8) is 0 Å². The molecule has 0 radical (unpaired) electrons. The summed E-state index contributed by atoms with van der Waals surface area (Å²) in [5.41, 5.74) is 0. The molecule has 3 atom stereocenters. The predicted octanol–water partition coefficient (Wildman–Crippen LogP) is 2.48. The van der Waals surface area contributed by atoms with E-state index >= 15 is 0 Å². The molecular weight excluding hydrogens is 278 g/mol. The van der Waals surface area contributed by atoms with Crippen LogP contribution in [-0.4, -0.2) is 42.7 Å². The van der Waals surface area contributed by atoms with Crippen LogP contribution < -0.4 is 4.74 Å². The van der Waals surface area contributed by atoms with Crippen LogP contribution >= 0.6 is 0 Å².